The number of fused-ring (bicyclic) bond motifs is 1. The molecule has 1 aliphatic heterocycles. The van der Waals surface area contributed by atoms with Crippen LogP contribution < -0.4 is 4.74 Å². The average Bonchev–Trinajstić information content (AvgIpc) is 2.99. The molecule has 2 heterocycles. The Morgan fingerprint density at radius 2 is 2.14 bits per heavy atom. The zero-order valence-electron chi connectivity index (χ0n) is 11.0. The fourth-order valence-corrected chi connectivity index (χ4v) is 2.49. The standard InChI is InChI=1S/C13H11ClN2O5/c1-19-10-3-2-9-7(11(10)16(17)18)6-8(12(14)15-9)13-20-4-5-21-13/h2-3,6,13H,4-5H2,1H3. The highest BCUT2D eigenvalue weighted by Gasteiger charge is 2.26. The first-order valence-corrected chi connectivity index (χ1v) is 6.54. The number of nitro groups is 1. The van der Waals surface area contributed by atoms with Gasteiger partial charge in [-0.2, -0.15) is 0 Å². The van der Waals surface area contributed by atoms with E-state index in [-0.39, 0.29) is 16.6 Å². The van der Waals surface area contributed by atoms with Gasteiger partial charge in [0.15, 0.2) is 12.0 Å². The molecular formula is C13H11ClN2O5. The van der Waals surface area contributed by atoms with E-state index in [9.17, 15) is 10.1 Å². The molecule has 1 aromatic heterocycles. The van der Waals surface area contributed by atoms with Crippen LogP contribution in [0.15, 0.2) is 18.2 Å². The molecule has 0 amide bonds. The summed E-state index contributed by atoms with van der Waals surface area (Å²) in [5.41, 5.74) is 0.727. The van der Waals surface area contributed by atoms with Crippen LogP contribution >= 0.6 is 11.6 Å². The normalized spacial score (nSPS) is 15.5. The van der Waals surface area contributed by atoms with Crippen molar-refractivity contribution in [1.29, 1.82) is 0 Å². The molecule has 0 radical (unpaired) electrons. The summed E-state index contributed by atoms with van der Waals surface area (Å²) in [5, 5.41) is 11.8. The van der Waals surface area contributed by atoms with Crippen LogP contribution in [0.2, 0.25) is 5.15 Å². The van der Waals surface area contributed by atoms with Crippen LogP contribution in [0, 0.1) is 10.1 Å². The third-order valence-corrected chi connectivity index (χ3v) is 3.49. The predicted molar refractivity (Wildman–Crippen MR) is 74.6 cm³/mol. The van der Waals surface area contributed by atoms with Crippen LogP contribution in [0.1, 0.15) is 11.9 Å². The number of nitrogens with zero attached hydrogens (tertiary/aromatic N) is 2. The summed E-state index contributed by atoms with van der Waals surface area (Å²) in [6, 6.07) is 4.68. The maximum Gasteiger partial charge on any atom is 0.320 e. The number of hydrogen-bond acceptors (Lipinski definition) is 6. The van der Waals surface area contributed by atoms with Gasteiger partial charge in [-0.3, -0.25) is 10.1 Å². The molecule has 110 valence electrons. The minimum absolute atomic E-state index is 0.154. The molecule has 0 N–H and O–H groups in total. The third-order valence-electron chi connectivity index (χ3n) is 3.19. The molecule has 0 spiro atoms. The minimum atomic E-state index is -0.653. The molecule has 7 nitrogen and oxygen atoms in total. The minimum Gasteiger partial charge on any atom is -0.490 e. The number of benzene rings is 1. The second kappa shape index (κ2) is 5.44. The van der Waals surface area contributed by atoms with Gasteiger partial charge in [-0.15, -0.1) is 0 Å². The van der Waals surface area contributed by atoms with Crippen molar-refractivity contribution >= 4 is 28.2 Å². The Morgan fingerprint density at radius 1 is 1.43 bits per heavy atom. The second-order valence-corrected chi connectivity index (χ2v) is 4.74. The van der Waals surface area contributed by atoms with E-state index in [0.29, 0.717) is 29.7 Å². The van der Waals surface area contributed by atoms with Crippen molar-refractivity contribution in [2.24, 2.45) is 0 Å². The van der Waals surface area contributed by atoms with Crippen molar-refractivity contribution in [3.8, 4) is 5.75 Å². The quantitative estimate of drug-likeness (QED) is 0.492. The van der Waals surface area contributed by atoms with Gasteiger partial charge in [0.25, 0.3) is 0 Å². The summed E-state index contributed by atoms with van der Waals surface area (Å²) in [7, 11) is 1.38. The monoisotopic (exact) mass is 310 g/mol. The molecule has 0 aliphatic carbocycles. The highest BCUT2D eigenvalue weighted by molar-refractivity contribution is 6.30. The number of rotatable bonds is 3. The molecule has 21 heavy (non-hydrogen) atoms. The second-order valence-electron chi connectivity index (χ2n) is 4.38. The number of methoxy groups -OCH3 is 1. The van der Waals surface area contributed by atoms with Gasteiger partial charge in [0, 0.05) is 5.56 Å². The van der Waals surface area contributed by atoms with Crippen LogP contribution in [0.3, 0.4) is 0 Å². The summed E-state index contributed by atoms with van der Waals surface area (Å²) >= 11 is 6.12. The number of ether oxygens (including phenoxy) is 3. The molecule has 0 saturated carbocycles. The first kappa shape index (κ1) is 14.0. The predicted octanol–water partition coefficient (Wildman–Crippen LogP) is 2.85. The fourth-order valence-electron chi connectivity index (χ4n) is 2.26. The molecule has 0 bridgehead atoms. The Bertz CT molecular complexity index is 715. The number of nitro benzene ring substituents is 1. The van der Waals surface area contributed by atoms with Crippen LogP contribution in [0.5, 0.6) is 5.75 Å². The molecule has 1 aromatic carbocycles. The lowest BCUT2D eigenvalue weighted by Gasteiger charge is -2.12. The molecule has 1 aliphatic rings. The lowest BCUT2D eigenvalue weighted by Crippen LogP contribution is -2.02. The molecule has 3 rings (SSSR count). The van der Waals surface area contributed by atoms with Crippen molar-refractivity contribution in [3.05, 3.63) is 39.0 Å². The van der Waals surface area contributed by atoms with Gasteiger partial charge in [0.1, 0.15) is 5.15 Å². The van der Waals surface area contributed by atoms with E-state index < -0.39 is 11.2 Å². The topological polar surface area (TPSA) is 83.7 Å². The Labute approximate surface area is 124 Å². The zero-order valence-corrected chi connectivity index (χ0v) is 11.8. The van der Waals surface area contributed by atoms with Gasteiger partial charge in [-0.1, -0.05) is 11.6 Å². The number of aromatic nitrogens is 1. The van der Waals surface area contributed by atoms with Crippen LogP contribution in [0.25, 0.3) is 10.9 Å². The van der Waals surface area contributed by atoms with E-state index >= 15 is 0 Å². The first-order valence-electron chi connectivity index (χ1n) is 6.16. The van der Waals surface area contributed by atoms with E-state index in [1.54, 1.807) is 12.1 Å². The molecule has 8 heteroatoms. The summed E-state index contributed by atoms with van der Waals surface area (Å²) in [6.07, 6.45) is -0.653. The fraction of sp³-hybridized carbons (Fsp3) is 0.308. The van der Waals surface area contributed by atoms with Gasteiger partial charge < -0.3 is 14.2 Å². The summed E-state index contributed by atoms with van der Waals surface area (Å²) in [5.74, 6) is 0.163. The Balaban J connectivity index is 2.25. The maximum atomic E-state index is 11.3. The molecule has 1 saturated heterocycles. The number of pyridine rings is 1. The van der Waals surface area contributed by atoms with Crippen LogP contribution in [0.4, 0.5) is 5.69 Å². The largest absolute Gasteiger partial charge is 0.490 e. The Morgan fingerprint density at radius 3 is 2.76 bits per heavy atom. The average molecular weight is 311 g/mol. The summed E-state index contributed by atoms with van der Waals surface area (Å²) in [4.78, 5) is 15.0. The Hall–Kier alpha value is -1.96. The van der Waals surface area contributed by atoms with Crippen molar-refractivity contribution in [2.75, 3.05) is 20.3 Å². The van der Waals surface area contributed by atoms with Crippen molar-refractivity contribution in [1.82, 2.24) is 4.98 Å². The van der Waals surface area contributed by atoms with E-state index in [1.807, 2.05) is 0 Å². The maximum absolute atomic E-state index is 11.3. The van der Waals surface area contributed by atoms with Crippen molar-refractivity contribution in [2.45, 2.75) is 6.29 Å². The number of hydrogen-bond donors (Lipinski definition) is 0. The van der Waals surface area contributed by atoms with Gasteiger partial charge in [-0.25, -0.2) is 4.98 Å². The van der Waals surface area contributed by atoms with Gasteiger partial charge >= 0.3 is 5.69 Å². The van der Waals surface area contributed by atoms with Gasteiger partial charge in [0.2, 0.25) is 0 Å². The summed E-state index contributed by atoms with van der Waals surface area (Å²) < 4.78 is 15.8. The SMILES string of the molecule is COc1ccc2nc(Cl)c(C3OCCO3)cc2c1[N+](=O)[O-]. The summed E-state index contributed by atoms with van der Waals surface area (Å²) in [6.45, 7) is 0.887. The van der Waals surface area contributed by atoms with Crippen LogP contribution in [-0.2, 0) is 9.47 Å². The third kappa shape index (κ3) is 2.39. The van der Waals surface area contributed by atoms with E-state index in [2.05, 4.69) is 4.98 Å². The smallest absolute Gasteiger partial charge is 0.320 e. The molecule has 0 atom stereocenters. The zero-order chi connectivity index (χ0) is 15.0. The highest BCUT2D eigenvalue weighted by atomic mass is 35.5. The lowest BCUT2D eigenvalue weighted by atomic mass is 10.1. The Kier molecular flexibility index (Phi) is 3.62. The van der Waals surface area contributed by atoms with E-state index in [4.69, 9.17) is 25.8 Å². The highest BCUT2D eigenvalue weighted by Crippen LogP contribution is 2.38. The molecule has 2 aromatic rings. The van der Waals surface area contributed by atoms with Crippen molar-refractivity contribution < 1.29 is 19.1 Å². The van der Waals surface area contributed by atoms with Crippen LogP contribution in [-0.4, -0.2) is 30.2 Å². The van der Waals surface area contributed by atoms with Crippen molar-refractivity contribution in [3.63, 3.8) is 0 Å². The van der Waals surface area contributed by atoms with Gasteiger partial charge in [0.05, 0.1) is 36.1 Å². The molecular weight excluding hydrogens is 300 g/mol. The molecule has 0 unspecified atom stereocenters. The molecule has 1 fully saturated rings. The van der Waals surface area contributed by atoms with E-state index in [0.717, 1.165) is 0 Å². The first-order chi connectivity index (χ1) is 10.1. The van der Waals surface area contributed by atoms with Gasteiger partial charge in [-0.05, 0) is 18.2 Å². The van der Waals surface area contributed by atoms with E-state index in [1.165, 1.54) is 13.2 Å². The number of halogens is 1. The lowest BCUT2D eigenvalue weighted by molar-refractivity contribution is -0.384.